The monoisotopic (exact) mass is 305 g/mol. The van der Waals surface area contributed by atoms with Crippen LogP contribution in [0.5, 0.6) is 0 Å². The number of hydrogen-bond acceptors (Lipinski definition) is 2. The van der Waals surface area contributed by atoms with E-state index in [0.29, 0.717) is 11.4 Å². The summed E-state index contributed by atoms with van der Waals surface area (Å²) in [7, 11) is 0. The number of nitrogens with zero attached hydrogens (tertiary/aromatic N) is 1. The molecule has 3 nitrogen and oxygen atoms in total. The van der Waals surface area contributed by atoms with Crippen LogP contribution >= 0.6 is 36.4 Å². The molecule has 0 spiro atoms. The van der Waals surface area contributed by atoms with Gasteiger partial charge in [-0.15, -0.1) is 24.8 Å². The Bertz CT molecular complexity index is 567. The van der Waals surface area contributed by atoms with E-state index in [9.17, 15) is 0 Å². The molecule has 0 radical (unpaired) electrons. The SMILES string of the molecule is C[C@H](N)CC#Cc1cnc2[nH]ccc2c1Cl.Cl.Cl. The van der Waals surface area contributed by atoms with E-state index in [1.807, 2.05) is 19.2 Å². The van der Waals surface area contributed by atoms with Crippen molar-refractivity contribution in [2.24, 2.45) is 5.73 Å². The van der Waals surface area contributed by atoms with Crippen molar-refractivity contribution in [1.82, 2.24) is 9.97 Å². The molecule has 1 atom stereocenters. The number of H-pyrrole nitrogens is 1. The summed E-state index contributed by atoms with van der Waals surface area (Å²) in [4.78, 5) is 7.22. The van der Waals surface area contributed by atoms with Crippen LogP contribution in [-0.4, -0.2) is 16.0 Å². The smallest absolute Gasteiger partial charge is 0.138 e. The lowest BCUT2D eigenvalue weighted by Crippen LogP contribution is -2.12. The zero-order valence-electron chi connectivity index (χ0n) is 9.74. The molecule has 0 saturated heterocycles. The van der Waals surface area contributed by atoms with Gasteiger partial charge < -0.3 is 10.7 Å². The normalized spacial score (nSPS) is 10.8. The van der Waals surface area contributed by atoms with Gasteiger partial charge in [-0.05, 0) is 13.0 Å². The summed E-state index contributed by atoms with van der Waals surface area (Å²) in [5.41, 5.74) is 7.14. The van der Waals surface area contributed by atoms with Crippen molar-refractivity contribution in [2.45, 2.75) is 19.4 Å². The van der Waals surface area contributed by atoms with E-state index >= 15 is 0 Å². The second kappa shape index (κ2) is 7.50. The lowest BCUT2D eigenvalue weighted by molar-refractivity contribution is 0.771. The van der Waals surface area contributed by atoms with Crippen LogP contribution in [0.3, 0.4) is 0 Å². The molecule has 0 amide bonds. The molecular weight excluding hydrogens is 293 g/mol. The Morgan fingerprint density at radius 3 is 2.89 bits per heavy atom. The third-order valence-corrected chi connectivity index (χ3v) is 2.58. The maximum Gasteiger partial charge on any atom is 0.138 e. The highest BCUT2D eigenvalue weighted by Gasteiger charge is 2.04. The molecule has 0 bridgehead atoms. The van der Waals surface area contributed by atoms with Gasteiger partial charge in [-0.1, -0.05) is 23.4 Å². The lowest BCUT2D eigenvalue weighted by Gasteiger charge is -1.97. The summed E-state index contributed by atoms with van der Waals surface area (Å²) in [5.74, 6) is 5.98. The summed E-state index contributed by atoms with van der Waals surface area (Å²) in [6.45, 7) is 1.92. The van der Waals surface area contributed by atoms with E-state index in [2.05, 4.69) is 21.8 Å². The van der Waals surface area contributed by atoms with E-state index in [4.69, 9.17) is 17.3 Å². The first kappa shape index (κ1) is 17.1. The molecule has 0 aliphatic heterocycles. The van der Waals surface area contributed by atoms with Crippen molar-refractivity contribution < 1.29 is 0 Å². The lowest BCUT2D eigenvalue weighted by atomic mass is 10.2. The third kappa shape index (κ3) is 3.79. The number of halogens is 3. The zero-order chi connectivity index (χ0) is 11.5. The van der Waals surface area contributed by atoms with E-state index in [1.165, 1.54) is 0 Å². The molecule has 2 heterocycles. The summed E-state index contributed by atoms with van der Waals surface area (Å²) >= 11 is 6.20. The number of nitrogens with one attached hydrogen (secondary N) is 1. The molecule has 2 aromatic rings. The van der Waals surface area contributed by atoms with Crippen molar-refractivity contribution in [1.29, 1.82) is 0 Å². The molecule has 0 aromatic carbocycles. The average Bonchev–Trinajstić information content (AvgIpc) is 2.69. The van der Waals surface area contributed by atoms with Crippen LogP contribution in [0, 0.1) is 11.8 Å². The van der Waals surface area contributed by atoms with Gasteiger partial charge in [0.2, 0.25) is 0 Å². The van der Waals surface area contributed by atoms with E-state index in [-0.39, 0.29) is 30.9 Å². The summed E-state index contributed by atoms with van der Waals surface area (Å²) in [6.07, 6.45) is 4.14. The summed E-state index contributed by atoms with van der Waals surface area (Å²) < 4.78 is 0. The number of aromatic amines is 1. The summed E-state index contributed by atoms with van der Waals surface area (Å²) in [5, 5.41) is 1.54. The summed E-state index contributed by atoms with van der Waals surface area (Å²) in [6, 6.07) is 1.97. The van der Waals surface area contributed by atoms with Gasteiger partial charge in [-0.25, -0.2) is 4.98 Å². The zero-order valence-corrected chi connectivity index (χ0v) is 12.1. The number of fused-ring (bicyclic) bond motifs is 1. The van der Waals surface area contributed by atoms with Crippen LogP contribution in [0.2, 0.25) is 5.02 Å². The molecule has 0 aliphatic rings. The molecular formula is C12H14Cl3N3. The van der Waals surface area contributed by atoms with Crippen LogP contribution in [0.25, 0.3) is 11.0 Å². The maximum atomic E-state index is 6.20. The quantitative estimate of drug-likeness (QED) is 0.795. The molecule has 0 unspecified atom stereocenters. The Morgan fingerprint density at radius 1 is 1.50 bits per heavy atom. The maximum absolute atomic E-state index is 6.20. The van der Waals surface area contributed by atoms with Gasteiger partial charge in [0.05, 0.1) is 10.6 Å². The number of hydrogen-bond donors (Lipinski definition) is 2. The van der Waals surface area contributed by atoms with E-state index < -0.39 is 0 Å². The van der Waals surface area contributed by atoms with Crippen LogP contribution in [0.4, 0.5) is 0 Å². The second-order valence-corrected chi connectivity index (χ2v) is 4.09. The fraction of sp³-hybridized carbons (Fsp3) is 0.250. The number of nitrogens with two attached hydrogens (primary N) is 1. The fourth-order valence-corrected chi connectivity index (χ4v) is 1.62. The van der Waals surface area contributed by atoms with Gasteiger partial charge in [0.25, 0.3) is 0 Å². The van der Waals surface area contributed by atoms with Gasteiger partial charge in [0.1, 0.15) is 5.65 Å². The van der Waals surface area contributed by atoms with Crippen LogP contribution < -0.4 is 5.73 Å². The number of pyridine rings is 1. The molecule has 6 heteroatoms. The van der Waals surface area contributed by atoms with Crippen LogP contribution in [0.1, 0.15) is 18.9 Å². The van der Waals surface area contributed by atoms with Crippen molar-refractivity contribution in [3.8, 4) is 11.8 Å². The highest BCUT2D eigenvalue weighted by molar-refractivity contribution is 6.36. The van der Waals surface area contributed by atoms with Crippen LogP contribution in [-0.2, 0) is 0 Å². The van der Waals surface area contributed by atoms with Gasteiger partial charge in [0.15, 0.2) is 0 Å². The van der Waals surface area contributed by atoms with Crippen molar-refractivity contribution in [3.63, 3.8) is 0 Å². The molecule has 18 heavy (non-hydrogen) atoms. The van der Waals surface area contributed by atoms with Crippen molar-refractivity contribution >= 4 is 47.4 Å². The van der Waals surface area contributed by atoms with Gasteiger partial charge >= 0.3 is 0 Å². The minimum Gasteiger partial charge on any atom is -0.346 e. The topological polar surface area (TPSA) is 54.7 Å². The Hall–Kier alpha value is -0.920. The Balaban J connectivity index is 0.00000144. The molecule has 3 N–H and O–H groups in total. The highest BCUT2D eigenvalue weighted by atomic mass is 35.5. The minimum atomic E-state index is 0. The fourth-order valence-electron chi connectivity index (χ4n) is 1.37. The van der Waals surface area contributed by atoms with E-state index in [1.54, 1.807) is 6.20 Å². The predicted octanol–water partition coefficient (Wildman–Crippen LogP) is 3.15. The molecule has 0 aliphatic carbocycles. The Morgan fingerprint density at radius 2 is 2.22 bits per heavy atom. The van der Waals surface area contributed by atoms with Gasteiger partial charge in [-0.2, -0.15) is 0 Å². The average molecular weight is 307 g/mol. The first-order valence-electron chi connectivity index (χ1n) is 5.04. The molecule has 2 aromatic heterocycles. The third-order valence-electron chi connectivity index (χ3n) is 2.17. The standard InChI is InChI=1S/C12H12ClN3.2ClH/c1-8(14)3-2-4-9-7-16-12-10(11(9)13)5-6-15-12;;/h5-8H,3,14H2,1H3,(H,15,16);2*1H/t8-;;/m0../s1. The predicted molar refractivity (Wildman–Crippen MR) is 80.7 cm³/mol. The Labute approximate surface area is 123 Å². The van der Waals surface area contributed by atoms with Crippen molar-refractivity contribution in [3.05, 3.63) is 29.0 Å². The molecule has 98 valence electrons. The largest absolute Gasteiger partial charge is 0.346 e. The minimum absolute atomic E-state index is 0. The molecule has 0 saturated carbocycles. The first-order chi connectivity index (χ1) is 7.68. The van der Waals surface area contributed by atoms with Crippen LogP contribution in [0.15, 0.2) is 18.5 Å². The van der Waals surface area contributed by atoms with Crippen molar-refractivity contribution in [2.75, 3.05) is 0 Å². The second-order valence-electron chi connectivity index (χ2n) is 3.71. The highest BCUT2D eigenvalue weighted by Crippen LogP contribution is 2.24. The number of aromatic nitrogens is 2. The molecule has 0 fully saturated rings. The van der Waals surface area contributed by atoms with Gasteiger partial charge in [-0.3, -0.25) is 0 Å². The van der Waals surface area contributed by atoms with Gasteiger partial charge in [0, 0.05) is 30.2 Å². The number of rotatable bonds is 1. The first-order valence-corrected chi connectivity index (χ1v) is 5.42. The molecule has 2 rings (SSSR count). The van der Waals surface area contributed by atoms with E-state index in [0.717, 1.165) is 16.6 Å². The Kier molecular flexibility index (Phi) is 7.12.